The van der Waals surface area contributed by atoms with Crippen molar-refractivity contribution in [3.8, 4) is 0 Å². The molecular formula is C20H18FN3O. The number of carbonyl (C=O) groups excluding carboxylic acids is 1. The fourth-order valence-corrected chi connectivity index (χ4v) is 2.42. The maximum absolute atomic E-state index is 12.9. The van der Waals surface area contributed by atoms with Crippen LogP contribution >= 0.6 is 0 Å². The molecule has 0 aliphatic carbocycles. The van der Waals surface area contributed by atoms with Gasteiger partial charge in [-0.25, -0.2) is 4.39 Å². The van der Waals surface area contributed by atoms with Crippen LogP contribution in [0, 0.1) is 12.7 Å². The lowest BCUT2D eigenvalue weighted by molar-refractivity contribution is 0.102. The zero-order valence-electron chi connectivity index (χ0n) is 13.8. The molecule has 0 aliphatic heterocycles. The molecule has 0 saturated carbocycles. The molecule has 0 aliphatic rings. The second-order valence-electron chi connectivity index (χ2n) is 5.73. The van der Waals surface area contributed by atoms with Crippen molar-refractivity contribution in [1.29, 1.82) is 0 Å². The standard InChI is InChI=1S/C20H18FN3O/c1-14-3-2-4-15(11-14)13-23-18-9-10-22-19(12-18)20(25)24-17-7-5-16(21)6-8-17/h2-12H,13H2,1H3,(H,22,23)(H,24,25). The second-order valence-corrected chi connectivity index (χ2v) is 5.73. The van der Waals surface area contributed by atoms with E-state index in [0.717, 1.165) is 11.3 Å². The van der Waals surface area contributed by atoms with Crippen LogP contribution in [0.4, 0.5) is 15.8 Å². The lowest BCUT2D eigenvalue weighted by Crippen LogP contribution is -2.14. The molecule has 0 unspecified atom stereocenters. The Hall–Kier alpha value is -3.21. The summed E-state index contributed by atoms with van der Waals surface area (Å²) in [5.74, 6) is -0.690. The Bertz CT molecular complexity index is 878. The molecule has 4 nitrogen and oxygen atoms in total. The van der Waals surface area contributed by atoms with Gasteiger partial charge in [-0.15, -0.1) is 0 Å². The average molecular weight is 335 g/mol. The van der Waals surface area contributed by atoms with Crippen molar-refractivity contribution in [3.63, 3.8) is 0 Å². The van der Waals surface area contributed by atoms with Crippen molar-refractivity contribution >= 4 is 17.3 Å². The molecule has 126 valence electrons. The number of hydrogen-bond acceptors (Lipinski definition) is 3. The van der Waals surface area contributed by atoms with E-state index in [1.807, 2.05) is 31.2 Å². The van der Waals surface area contributed by atoms with Gasteiger partial charge in [0.1, 0.15) is 11.5 Å². The van der Waals surface area contributed by atoms with E-state index < -0.39 is 0 Å². The van der Waals surface area contributed by atoms with Gasteiger partial charge in [-0.3, -0.25) is 9.78 Å². The number of nitrogens with one attached hydrogen (secondary N) is 2. The highest BCUT2D eigenvalue weighted by molar-refractivity contribution is 6.03. The smallest absolute Gasteiger partial charge is 0.274 e. The van der Waals surface area contributed by atoms with Crippen molar-refractivity contribution in [3.05, 3.63) is 89.5 Å². The Morgan fingerprint density at radius 1 is 1.04 bits per heavy atom. The molecule has 0 radical (unpaired) electrons. The third kappa shape index (κ3) is 4.64. The number of rotatable bonds is 5. The molecular weight excluding hydrogens is 317 g/mol. The summed E-state index contributed by atoms with van der Waals surface area (Å²) in [6.45, 7) is 2.71. The van der Waals surface area contributed by atoms with Crippen LogP contribution in [0.2, 0.25) is 0 Å². The maximum atomic E-state index is 12.9. The number of carbonyl (C=O) groups is 1. The van der Waals surface area contributed by atoms with Gasteiger partial charge in [0, 0.05) is 24.1 Å². The van der Waals surface area contributed by atoms with Crippen LogP contribution in [-0.2, 0) is 6.54 Å². The van der Waals surface area contributed by atoms with Gasteiger partial charge in [0.25, 0.3) is 5.91 Å². The first kappa shape index (κ1) is 16.6. The van der Waals surface area contributed by atoms with Crippen molar-refractivity contribution in [1.82, 2.24) is 4.98 Å². The zero-order valence-corrected chi connectivity index (χ0v) is 13.8. The number of hydrogen-bond donors (Lipinski definition) is 2. The van der Waals surface area contributed by atoms with E-state index in [2.05, 4.69) is 21.7 Å². The van der Waals surface area contributed by atoms with Gasteiger partial charge in [0.05, 0.1) is 0 Å². The summed E-state index contributed by atoms with van der Waals surface area (Å²) in [6.07, 6.45) is 1.58. The first-order valence-corrected chi connectivity index (χ1v) is 7.92. The predicted octanol–water partition coefficient (Wildman–Crippen LogP) is 4.39. The molecule has 0 spiro atoms. The van der Waals surface area contributed by atoms with E-state index >= 15 is 0 Å². The van der Waals surface area contributed by atoms with Gasteiger partial charge in [-0.1, -0.05) is 29.8 Å². The van der Waals surface area contributed by atoms with E-state index in [1.165, 1.54) is 29.8 Å². The van der Waals surface area contributed by atoms with Gasteiger partial charge in [0.15, 0.2) is 0 Å². The highest BCUT2D eigenvalue weighted by Crippen LogP contribution is 2.14. The monoisotopic (exact) mass is 335 g/mol. The number of aryl methyl sites for hydroxylation is 1. The average Bonchev–Trinajstić information content (AvgIpc) is 2.62. The molecule has 0 fully saturated rings. The summed E-state index contributed by atoms with van der Waals surface area (Å²) in [4.78, 5) is 16.4. The zero-order chi connectivity index (χ0) is 17.6. The predicted molar refractivity (Wildman–Crippen MR) is 97.1 cm³/mol. The Morgan fingerprint density at radius 2 is 1.84 bits per heavy atom. The van der Waals surface area contributed by atoms with Crippen LogP contribution < -0.4 is 10.6 Å². The number of aromatic nitrogens is 1. The summed E-state index contributed by atoms with van der Waals surface area (Å²) >= 11 is 0. The molecule has 25 heavy (non-hydrogen) atoms. The number of pyridine rings is 1. The Labute approximate surface area is 145 Å². The summed E-state index contributed by atoms with van der Waals surface area (Å²) < 4.78 is 12.9. The minimum Gasteiger partial charge on any atom is -0.381 e. The molecule has 0 bridgehead atoms. The van der Waals surface area contributed by atoms with Crippen molar-refractivity contribution in [2.45, 2.75) is 13.5 Å². The fourth-order valence-electron chi connectivity index (χ4n) is 2.42. The summed E-state index contributed by atoms with van der Waals surface area (Å²) in [7, 11) is 0. The van der Waals surface area contributed by atoms with Crippen molar-refractivity contribution in [2.75, 3.05) is 10.6 Å². The van der Waals surface area contributed by atoms with Gasteiger partial charge in [-0.2, -0.15) is 0 Å². The van der Waals surface area contributed by atoms with Crippen LogP contribution in [0.1, 0.15) is 21.6 Å². The molecule has 2 N–H and O–H groups in total. The molecule has 1 aromatic heterocycles. The molecule has 1 amide bonds. The van der Waals surface area contributed by atoms with Gasteiger partial charge in [-0.05, 0) is 48.9 Å². The lowest BCUT2D eigenvalue weighted by Gasteiger charge is -2.09. The van der Waals surface area contributed by atoms with E-state index in [1.54, 1.807) is 12.3 Å². The number of amides is 1. The highest BCUT2D eigenvalue weighted by atomic mass is 19.1. The topological polar surface area (TPSA) is 54.0 Å². The van der Waals surface area contributed by atoms with E-state index in [0.29, 0.717) is 17.9 Å². The molecule has 2 aromatic carbocycles. The summed E-state index contributed by atoms with van der Waals surface area (Å²) in [5, 5.41) is 5.98. The lowest BCUT2D eigenvalue weighted by atomic mass is 10.1. The largest absolute Gasteiger partial charge is 0.381 e. The van der Waals surface area contributed by atoms with E-state index in [4.69, 9.17) is 0 Å². The molecule has 1 heterocycles. The number of nitrogens with zero attached hydrogens (tertiary/aromatic N) is 1. The van der Waals surface area contributed by atoms with Crippen LogP contribution in [0.5, 0.6) is 0 Å². The molecule has 0 atom stereocenters. The number of benzene rings is 2. The Morgan fingerprint density at radius 3 is 2.60 bits per heavy atom. The SMILES string of the molecule is Cc1cccc(CNc2ccnc(C(=O)Nc3ccc(F)cc3)c2)c1. The van der Waals surface area contributed by atoms with Crippen LogP contribution in [0.15, 0.2) is 66.9 Å². The molecule has 0 saturated heterocycles. The van der Waals surface area contributed by atoms with E-state index in [-0.39, 0.29) is 11.7 Å². The molecule has 3 aromatic rings. The van der Waals surface area contributed by atoms with Gasteiger partial charge < -0.3 is 10.6 Å². The normalized spacial score (nSPS) is 10.3. The fraction of sp³-hybridized carbons (Fsp3) is 0.100. The minimum absolute atomic E-state index is 0.290. The highest BCUT2D eigenvalue weighted by Gasteiger charge is 2.08. The number of anilines is 2. The van der Waals surface area contributed by atoms with Crippen LogP contribution in [0.3, 0.4) is 0 Å². The van der Waals surface area contributed by atoms with Gasteiger partial charge >= 0.3 is 0 Å². The molecule has 3 rings (SSSR count). The minimum atomic E-state index is -0.349. The Kier molecular flexibility index (Phi) is 5.04. The van der Waals surface area contributed by atoms with Crippen LogP contribution in [-0.4, -0.2) is 10.9 Å². The van der Waals surface area contributed by atoms with Gasteiger partial charge in [0.2, 0.25) is 0 Å². The second kappa shape index (κ2) is 7.57. The van der Waals surface area contributed by atoms with Crippen molar-refractivity contribution < 1.29 is 9.18 Å². The summed E-state index contributed by atoms with van der Waals surface area (Å²) in [6, 6.07) is 17.3. The number of halogens is 1. The Balaban J connectivity index is 1.66. The first-order chi connectivity index (χ1) is 12.1. The van der Waals surface area contributed by atoms with Crippen molar-refractivity contribution in [2.24, 2.45) is 0 Å². The van der Waals surface area contributed by atoms with Crippen LogP contribution in [0.25, 0.3) is 0 Å². The quantitative estimate of drug-likeness (QED) is 0.727. The molecule has 5 heteroatoms. The first-order valence-electron chi connectivity index (χ1n) is 7.92. The third-order valence-corrected chi connectivity index (χ3v) is 3.67. The van der Waals surface area contributed by atoms with E-state index in [9.17, 15) is 9.18 Å². The maximum Gasteiger partial charge on any atom is 0.274 e. The summed E-state index contributed by atoms with van der Waals surface area (Å²) in [5.41, 5.74) is 3.98. The third-order valence-electron chi connectivity index (χ3n) is 3.67.